The summed E-state index contributed by atoms with van der Waals surface area (Å²) in [5.41, 5.74) is 2.42. The van der Waals surface area contributed by atoms with Crippen LogP contribution in [0.3, 0.4) is 0 Å². The normalized spacial score (nSPS) is 14.2. The lowest BCUT2D eigenvalue weighted by Crippen LogP contribution is -2.23. The molecule has 0 radical (unpaired) electrons. The van der Waals surface area contributed by atoms with Crippen LogP contribution < -0.4 is 10.1 Å². The van der Waals surface area contributed by atoms with Gasteiger partial charge in [-0.15, -0.1) is 0 Å². The second-order valence-electron chi connectivity index (χ2n) is 6.74. The topological polar surface area (TPSA) is 67.1 Å². The third-order valence-corrected chi connectivity index (χ3v) is 5.68. The molecule has 142 valence electrons. The van der Waals surface area contributed by atoms with Crippen molar-refractivity contribution in [3.63, 3.8) is 0 Å². The zero-order chi connectivity index (χ0) is 19.6. The van der Waals surface area contributed by atoms with Gasteiger partial charge in [0.25, 0.3) is 5.91 Å². The van der Waals surface area contributed by atoms with Crippen molar-refractivity contribution in [3.05, 3.63) is 45.1 Å². The zero-order valence-corrected chi connectivity index (χ0v) is 16.8. The van der Waals surface area contributed by atoms with Crippen LogP contribution in [0.4, 0.5) is 5.82 Å². The Morgan fingerprint density at radius 3 is 2.52 bits per heavy atom. The molecule has 2 aromatic rings. The summed E-state index contributed by atoms with van der Waals surface area (Å²) in [6.07, 6.45) is 4.41. The van der Waals surface area contributed by atoms with E-state index < -0.39 is 0 Å². The fourth-order valence-corrected chi connectivity index (χ4v) is 4.14. The molecule has 0 atom stereocenters. The van der Waals surface area contributed by atoms with E-state index in [9.17, 15) is 10.1 Å². The highest BCUT2D eigenvalue weighted by Crippen LogP contribution is 2.38. The van der Waals surface area contributed by atoms with Crippen molar-refractivity contribution in [2.75, 3.05) is 11.9 Å². The molecule has 1 aliphatic rings. The van der Waals surface area contributed by atoms with Crippen molar-refractivity contribution in [1.82, 2.24) is 4.57 Å². The lowest BCUT2D eigenvalue weighted by atomic mass is 10.2. The predicted molar refractivity (Wildman–Crippen MR) is 107 cm³/mol. The molecule has 1 amide bonds. The summed E-state index contributed by atoms with van der Waals surface area (Å²) in [4.78, 5) is 12.5. The summed E-state index contributed by atoms with van der Waals surface area (Å²) in [5, 5.41) is 13.1. The third-order valence-electron chi connectivity index (χ3n) is 5.08. The van der Waals surface area contributed by atoms with Crippen molar-refractivity contribution in [2.45, 2.75) is 45.6 Å². The van der Waals surface area contributed by atoms with Crippen LogP contribution in [0.25, 0.3) is 0 Å². The van der Waals surface area contributed by atoms with Gasteiger partial charge in [-0.1, -0.05) is 42.1 Å². The fourth-order valence-electron chi connectivity index (χ4n) is 3.63. The molecule has 1 heterocycles. The summed E-state index contributed by atoms with van der Waals surface area (Å²) in [6.45, 7) is 3.65. The first-order valence-electron chi connectivity index (χ1n) is 8.92. The van der Waals surface area contributed by atoms with E-state index in [1.807, 2.05) is 13.8 Å². The minimum Gasteiger partial charge on any atom is -0.481 e. The average Bonchev–Trinajstić information content (AvgIpc) is 3.22. The van der Waals surface area contributed by atoms with E-state index in [1.54, 1.807) is 18.2 Å². The lowest BCUT2D eigenvalue weighted by Gasteiger charge is -2.19. The molecule has 1 saturated carbocycles. The molecule has 0 spiro atoms. The molecule has 7 heteroatoms. The standard InChI is InChI=1S/C20H21Cl2N3O2/c1-12-13(2)25(14-6-3-4-7-14)20(15(12)10-23)24-18(26)11-27-19-16(21)8-5-9-17(19)22/h5,8-9,14H,3-4,6-7,11H2,1-2H3,(H,24,26). The minimum atomic E-state index is -0.362. The van der Waals surface area contributed by atoms with Crippen LogP contribution in [0.2, 0.25) is 10.0 Å². The average molecular weight is 406 g/mol. The van der Waals surface area contributed by atoms with Gasteiger partial charge in [-0.05, 0) is 44.4 Å². The maximum atomic E-state index is 12.5. The van der Waals surface area contributed by atoms with Gasteiger partial charge in [0.1, 0.15) is 11.9 Å². The van der Waals surface area contributed by atoms with Gasteiger partial charge in [0, 0.05) is 11.7 Å². The van der Waals surface area contributed by atoms with Crippen molar-refractivity contribution < 1.29 is 9.53 Å². The summed E-state index contributed by atoms with van der Waals surface area (Å²) < 4.78 is 7.61. The van der Waals surface area contributed by atoms with E-state index in [4.69, 9.17) is 27.9 Å². The molecule has 5 nitrogen and oxygen atoms in total. The maximum Gasteiger partial charge on any atom is 0.263 e. The van der Waals surface area contributed by atoms with Gasteiger partial charge in [-0.2, -0.15) is 5.26 Å². The van der Waals surface area contributed by atoms with Crippen molar-refractivity contribution in [2.24, 2.45) is 0 Å². The smallest absolute Gasteiger partial charge is 0.263 e. The highest BCUT2D eigenvalue weighted by atomic mass is 35.5. The SMILES string of the molecule is Cc1c(C#N)c(NC(=O)COc2c(Cl)cccc2Cl)n(C2CCCC2)c1C. The lowest BCUT2D eigenvalue weighted by molar-refractivity contribution is -0.118. The van der Waals surface area contributed by atoms with Gasteiger partial charge in [0.15, 0.2) is 12.4 Å². The predicted octanol–water partition coefficient (Wildman–Crippen LogP) is 5.42. The maximum absolute atomic E-state index is 12.5. The van der Waals surface area contributed by atoms with Crippen LogP contribution in [0.5, 0.6) is 5.75 Å². The molecule has 0 aliphatic heterocycles. The minimum absolute atomic E-state index is 0.248. The van der Waals surface area contributed by atoms with Crippen LogP contribution in [-0.2, 0) is 4.79 Å². The second kappa shape index (κ2) is 8.24. The molecule has 0 saturated heterocycles. The van der Waals surface area contributed by atoms with Crippen LogP contribution >= 0.6 is 23.2 Å². The van der Waals surface area contributed by atoms with E-state index in [2.05, 4.69) is 16.0 Å². The number of para-hydroxylation sites is 1. The molecule has 0 unspecified atom stereocenters. The van der Waals surface area contributed by atoms with Crippen LogP contribution in [-0.4, -0.2) is 17.1 Å². The van der Waals surface area contributed by atoms with Gasteiger partial charge >= 0.3 is 0 Å². The van der Waals surface area contributed by atoms with E-state index >= 15 is 0 Å². The van der Waals surface area contributed by atoms with Gasteiger partial charge in [-0.25, -0.2) is 0 Å². The number of rotatable bonds is 5. The number of carbonyl (C=O) groups excluding carboxylic acids is 1. The molecule has 1 aromatic heterocycles. The van der Waals surface area contributed by atoms with Gasteiger partial charge in [0.05, 0.1) is 15.6 Å². The van der Waals surface area contributed by atoms with Crippen molar-refractivity contribution in [3.8, 4) is 11.8 Å². The number of amides is 1. The Balaban J connectivity index is 1.81. The largest absolute Gasteiger partial charge is 0.481 e. The molecule has 1 aromatic carbocycles. The van der Waals surface area contributed by atoms with E-state index in [0.717, 1.165) is 36.9 Å². The first-order valence-corrected chi connectivity index (χ1v) is 9.67. The Morgan fingerprint density at radius 2 is 1.93 bits per heavy atom. The Kier molecular flexibility index (Phi) is 5.98. The highest BCUT2D eigenvalue weighted by Gasteiger charge is 2.26. The van der Waals surface area contributed by atoms with E-state index in [0.29, 0.717) is 27.5 Å². The second-order valence-corrected chi connectivity index (χ2v) is 7.56. The monoisotopic (exact) mass is 405 g/mol. The Hall–Kier alpha value is -2.16. The van der Waals surface area contributed by atoms with Gasteiger partial charge < -0.3 is 14.6 Å². The Bertz CT molecular complexity index is 889. The number of aromatic nitrogens is 1. The summed E-state index contributed by atoms with van der Waals surface area (Å²) in [6, 6.07) is 7.53. The number of halogens is 2. The van der Waals surface area contributed by atoms with Crippen LogP contribution in [0.1, 0.15) is 48.5 Å². The molecular formula is C20H21Cl2N3O2. The van der Waals surface area contributed by atoms with Crippen LogP contribution in [0.15, 0.2) is 18.2 Å². The number of nitrogens with zero attached hydrogens (tertiary/aromatic N) is 2. The number of nitrogens with one attached hydrogen (secondary N) is 1. The van der Waals surface area contributed by atoms with E-state index in [-0.39, 0.29) is 18.3 Å². The molecule has 1 aliphatic carbocycles. The number of nitriles is 1. The number of hydrogen-bond donors (Lipinski definition) is 1. The quantitative estimate of drug-likeness (QED) is 0.721. The molecule has 0 bridgehead atoms. The zero-order valence-electron chi connectivity index (χ0n) is 15.3. The summed E-state index contributed by atoms with van der Waals surface area (Å²) >= 11 is 12.1. The highest BCUT2D eigenvalue weighted by molar-refractivity contribution is 6.37. The van der Waals surface area contributed by atoms with Gasteiger partial charge in [0.2, 0.25) is 0 Å². The number of carbonyl (C=O) groups is 1. The molecule has 3 rings (SSSR count). The number of hydrogen-bond acceptors (Lipinski definition) is 3. The number of benzene rings is 1. The Morgan fingerprint density at radius 1 is 1.30 bits per heavy atom. The third kappa shape index (κ3) is 3.92. The first-order chi connectivity index (χ1) is 12.9. The molecular weight excluding hydrogens is 385 g/mol. The van der Waals surface area contributed by atoms with E-state index in [1.165, 1.54) is 0 Å². The summed E-state index contributed by atoms with van der Waals surface area (Å²) in [7, 11) is 0. The molecule has 27 heavy (non-hydrogen) atoms. The number of anilines is 1. The number of ether oxygens (including phenoxy) is 1. The van der Waals surface area contributed by atoms with Crippen LogP contribution in [0, 0.1) is 25.2 Å². The Labute approximate surface area is 168 Å². The van der Waals surface area contributed by atoms with Crippen molar-refractivity contribution >= 4 is 34.9 Å². The first kappa shape index (κ1) is 19.6. The fraction of sp³-hybridized carbons (Fsp3) is 0.400. The summed E-state index contributed by atoms with van der Waals surface area (Å²) in [5.74, 6) is 0.465. The van der Waals surface area contributed by atoms with Gasteiger partial charge in [-0.3, -0.25) is 4.79 Å². The molecule has 1 N–H and O–H groups in total. The van der Waals surface area contributed by atoms with Crippen molar-refractivity contribution in [1.29, 1.82) is 5.26 Å². The molecule has 1 fully saturated rings.